The van der Waals surface area contributed by atoms with Gasteiger partial charge < -0.3 is 20.0 Å². The minimum Gasteiger partial charge on any atom is -0.468 e. The highest BCUT2D eigenvalue weighted by atomic mass is 16.3. The summed E-state index contributed by atoms with van der Waals surface area (Å²) in [4.78, 5) is 21.2. The van der Waals surface area contributed by atoms with Crippen LogP contribution in [0.15, 0.2) is 52.1 Å². The molecule has 0 bridgehead atoms. The average molecular weight is 438 g/mol. The maximum absolute atomic E-state index is 11.9. The second kappa shape index (κ2) is 11.2. The maximum atomic E-state index is 11.9. The Morgan fingerprint density at radius 3 is 2.66 bits per heavy atom. The van der Waals surface area contributed by atoms with Crippen molar-refractivity contribution in [2.45, 2.75) is 51.7 Å². The Morgan fingerprint density at radius 2 is 1.94 bits per heavy atom. The molecule has 7 nitrogen and oxygen atoms in total. The highest BCUT2D eigenvalue weighted by molar-refractivity contribution is 5.79. The monoisotopic (exact) mass is 437 g/mol. The number of nitrogens with zero attached hydrogens (tertiary/aromatic N) is 3. The van der Waals surface area contributed by atoms with E-state index >= 15 is 0 Å². The van der Waals surface area contributed by atoms with E-state index in [-0.39, 0.29) is 11.9 Å². The lowest BCUT2D eigenvalue weighted by molar-refractivity contribution is -0.128. The zero-order valence-corrected chi connectivity index (χ0v) is 19.1. The molecule has 1 unspecified atom stereocenters. The molecule has 2 aliphatic heterocycles. The van der Waals surface area contributed by atoms with Crippen LogP contribution in [0.5, 0.6) is 0 Å². The normalized spacial score (nSPS) is 18.3. The number of likely N-dealkylation sites (tertiary alicyclic amines) is 2. The molecule has 0 radical (unpaired) electrons. The van der Waals surface area contributed by atoms with Gasteiger partial charge in [0.15, 0.2) is 5.96 Å². The van der Waals surface area contributed by atoms with Crippen molar-refractivity contribution in [3.05, 3.63) is 59.5 Å². The van der Waals surface area contributed by atoms with Gasteiger partial charge in [0, 0.05) is 32.6 Å². The van der Waals surface area contributed by atoms with E-state index < -0.39 is 0 Å². The summed E-state index contributed by atoms with van der Waals surface area (Å²) in [5.74, 6) is 2.07. The lowest BCUT2D eigenvalue weighted by atomic mass is 10.1. The minimum atomic E-state index is 0.206. The van der Waals surface area contributed by atoms with E-state index in [0.29, 0.717) is 19.5 Å². The highest BCUT2D eigenvalue weighted by Crippen LogP contribution is 2.24. The van der Waals surface area contributed by atoms with E-state index in [1.54, 1.807) is 6.26 Å². The molecule has 0 spiro atoms. The number of furan rings is 1. The molecule has 1 aromatic heterocycles. The molecule has 4 rings (SSSR count). The third kappa shape index (κ3) is 5.91. The van der Waals surface area contributed by atoms with Crippen molar-refractivity contribution in [3.63, 3.8) is 0 Å². The molecule has 172 valence electrons. The lowest BCUT2D eigenvalue weighted by Crippen LogP contribution is -2.42. The third-order valence-corrected chi connectivity index (χ3v) is 6.22. The van der Waals surface area contributed by atoms with E-state index in [1.165, 1.54) is 12.8 Å². The van der Waals surface area contributed by atoms with Crippen LogP contribution in [0.25, 0.3) is 0 Å². The van der Waals surface area contributed by atoms with E-state index in [0.717, 1.165) is 62.0 Å². The molecule has 2 N–H and O–H groups in total. The van der Waals surface area contributed by atoms with Crippen LogP contribution in [0.3, 0.4) is 0 Å². The fourth-order valence-electron chi connectivity index (χ4n) is 4.57. The molecule has 1 aromatic carbocycles. The molecular formula is C25H35N5O2. The van der Waals surface area contributed by atoms with Crippen molar-refractivity contribution < 1.29 is 9.21 Å². The summed E-state index contributed by atoms with van der Waals surface area (Å²) in [5.41, 5.74) is 2.31. The summed E-state index contributed by atoms with van der Waals surface area (Å²) in [5, 5.41) is 6.88. The lowest BCUT2D eigenvalue weighted by Gasteiger charge is -2.26. The smallest absolute Gasteiger partial charge is 0.222 e. The Kier molecular flexibility index (Phi) is 7.82. The van der Waals surface area contributed by atoms with Crippen molar-refractivity contribution >= 4 is 11.9 Å². The van der Waals surface area contributed by atoms with Gasteiger partial charge in [0.1, 0.15) is 5.76 Å². The third-order valence-electron chi connectivity index (χ3n) is 6.22. The van der Waals surface area contributed by atoms with Gasteiger partial charge in [-0.15, -0.1) is 0 Å². The van der Waals surface area contributed by atoms with Gasteiger partial charge in [-0.3, -0.25) is 9.69 Å². The van der Waals surface area contributed by atoms with Gasteiger partial charge in [0.05, 0.1) is 18.8 Å². The first-order valence-corrected chi connectivity index (χ1v) is 11.9. The maximum Gasteiger partial charge on any atom is 0.222 e. The Balaban J connectivity index is 1.38. The minimum absolute atomic E-state index is 0.206. The van der Waals surface area contributed by atoms with Crippen molar-refractivity contribution in [1.82, 2.24) is 20.4 Å². The van der Waals surface area contributed by atoms with Crippen LogP contribution < -0.4 is 10.6 Å². The summed E-state index contributed by atoms with van der Waals surface area (Å²) in [6.45, 7) is 7.98. The number of guanidine groups is 1. The zero-order valence-electron chi connectivity index (χ0n) is 19.1. The van der Waals surface area contributed by atoms with Crippen LogP contribution in [0.1, 0.15) is 55.5 Å². The van der Waals surface area contributed by atoms with Crippen molar-refractivity contribution in [2.24, 2.45) is 4.99 Å². The standard InChI is InChI=1S/C25H35N5O2/c1-2-26-25(28-18-22(23-10-7-15-32-23)29-12-3-4-13-29)27-17-20-8-5-9-21(16-20)19-30-14-6-11-24(30)31/h5,7-10,15-16,22H,2-4,6,11-14,17-19H2,1H3,(H2,26,27,28). The van der Waals surface area contributed by atoms with Crippen LogP contribution in [-0.2, 0) is 17.9 Å². The molecule has 2 fully saturated rings. The van der Waals surface area contributed by atoms with Crippen LogP contribution in [0.2, 0.25) is 0 Å². The first kappa shape index (κ1) is 22.4. The fourth-order valence-corrected chi connectivity index (χ4v) is 4.57. The van der Waals surface area contributed by atoms with Gasteiger partial charge in [-0.2, -0.15) is 0 Å². The summed E-state index contributed by atoms with van der Waals surface area (Å²) < 4.78 is 5.73. The quantitative estimate of drug-likeness (QED) is 0.465. The van der Waals surface area contributed by atoms with Gasteiger partial charge in [-0.1, -0.05) is 24.3 Å². The number of aliphatic imine (C=N–C) groups is 1. The molecule has 1 atom stereocenters. The van der Waals surface area contributed by atoms with Crippen LogP contribution in [0.4, 0.5) is 0 Å². The summed E-state index contributed by atoms with van der Waals surface area (Å²) in [6, 6.07) is 12.6. The van der Waals surface area contributed by atoms with E-state index in [1.807, 2.05) is 11.0 Å². The van der Waals surface area contributed by atoms with E-state index in [4.69, 9.17) is 9.41 Å². The second-order valence-electron chi connectivity index (χ2n) is 8.59. The number of rotatable bonds is 9. The average Bonchev–Trinajstić information content (AvgIpc) is 3.57. The Bertz CT molecular complexity index is 889. The van der Waals surface area contributed by atoms with Crippen LogP contribution in [0, 0.1) is 0 Å². The number of amides is 1. The number of hydrogen-bond acceptors (Lipinski definition) is 4. The van der Waals surface area contributed by atoms with Gasteiger partial charge in [-0.25, -0.2) is 4.99 Å². The van der Waals surface area contributed by atoms with Crippen molar-refractivity contribution in [1.29, 1.82) is 0 Å². The Labute approximate surface area is 190 Å². The molecule has 7 heteroatoms. The van der Waals surface area contributed by atoms with Crippen LogP contribution >= 0.6 is 0 Å². The fraction of sp³-hybridized carbons (Fsp3) is 0.520. The second-order valence-corrected chi connectivity index (χ2v) is 8.59. The summed E-state index contributed by atoms with van der Waals surface area (Å²) in [6.07, 6.45) is 5.88. The zero-order chi connectivity index (χ0) is 22.2. The van der Waals surface area contributed by atoms with Gasteiger partial charge >= 0.3 is 0 Å². The van der Waals surface area contributed by atoms with E-state index in [2.05, 4.69) is 52.8 Å². The predicted molar refractivity (Wildman–Crippen MR) is 126 cm³/mol. The number of nitrogens with one attached hydrogen (secondary N) is 2. The topological polar surface area (TPSA) is 73.1 Å². The molecule has 2 saturated heterocycles. The molecule has 1 amide bonds. The molecular weight excluding hydrogens is 402 g/mol. The van der Waals surface area contributed by atoms with Crippen molar-refractivity contribution in [3.8, 4) is 0 Å². The first-order valence-electron chi connectivity index (χ1n) is 11.9. The number of carbonyl (C=O) groups is 1. The van der Waals surface area contributed by atoms with Gasteiger partial charge in [-0.05, 0) is 62.5 Å². The van der Waals surface area contributed by atoms with E-state index in [9.17, 15) is 4.79 Å². The summed E-state index contributed by atoms with van der Waals surface area (Å²) >= 11 is 0. The molecule has 2 aromatic rings. The predicted octanol–water partition coefficient (Wildman–Crippen LogP) is 3.29. The number of carbonyl (C=O) groups excluding carboxylic acids is 1. The first-order chi connectivity index (χ1) is 15.7. The largest absolute Gasteiger partial charge is 0.468 e. The Hall–Kier alpha value is -2.80. The van der Waals surface area contributed by atoms with Crippen molar-refractivity contribution in [2.75, 3.05) is 32.7 Å². The van der Waals surface area contributed by atoms with Gasteiger partial charge in [0.25, 0.3) is 0 Å². The molecule has 32 heavy (non-hydrogen) atoms. The van der Waals surface area contributed by atoms with Crippen LogP contribution in [-0.4, -0.2) is 54.4 Å². The Morgan fingerprint density at radius 1 is 1.09 bits per heavy atom. The molecule has 0 saturated carbocycles. The number of benzene rings is 1. The van der Waals surface area contributed by atoms with Gasteiger partial charge in [0.2, 0.25) is 5.91 Å². The summed E-state index contributed by atoms with van der Waals surface area (Å²) in [7, 11) is 0. The molecule has 0 aliphatic carbocycles. The molecule has 2 aliphatic rings. The number of hydrogen-bond donors (Lipinski definition) is 2. The molecule has 3 heterocycles. The highest BCUT2D eigenvalue weighted by Gasteiger charge is 2.25. The SMILES string of the molecule is CCNC(=NCc1cccc(CN2CCCC2=O)c1)NCC(c1ccco1)N1CCCC1.